The maximum absolute atomic E-state index is 13.0. The van der Waals surface area contributed by atoms with Crippen LogP contribution in [0.4, 0.5) is 10.1 Å². The van der Waals surface area contributed by atoms with E-state index in [2.05, 4.69) is 5.32 Å². The van der Waals surface area contributed by atoms with Crippen LogP contribution in [0, 0.1) is 12.7 Å². The topological polar surface area (TPSA) is 58.6 Å². The van der Waals surface area contributed by atoms with E-state index in [1.165, 1.54) is 12.1 Å². The number of hydrogen-bond donors (Lipinski definition) is 1. The number of hydrogen-bond acceptors (Lipinski definition) is 3. The van der Waals surface area contributed by atoms with Crippen LogP contribution in [0.5, 0.6) is 0 Å². The molecule has 1 heterocycles. The summed E-state index contributed by atoms with van der Waals surface area (Å²) in [5.41, 5.74) is 2.28. The highest BCUT2D eigenvalue weighted by Crippen LogP contribution is 2.19. The second kappa shape index (κ2) is 7.44. The number of ether oxygens (including phenoxy) is 1. The molecule has 0 spiro atoms. The lowest BCUT2D eigenvalue weighted by molar-refractivity contribution is -0.129. The largest absolute Gasteiger partial charge is 0.365 e. The second-order valence-electron chi connectivity index (χ2n) is 5.99. The summed E-state index contributed by atoms with van der Waals surface area (Å²) in [5.74, 6) is -0.729. The predicted octanol–water partition coefficient (Wildman–Crippen LogP) is 2.30. The average Bonchev–Trinajstić information content (AvgIpc) is 2.62. The van der Waals surface area contributed by atoms with Crippen molar-refractivity contribution >= 4 is 17.5 Å². The minimum Gasteiger partial charge on any atom is -0.365 e. The standard InChI is InChI=1S/C19H19FN2O3/c1-13-2-4-14(5-3-13)19(24)21-10-17-11-22(18(23)12-25-17)16-8-6-15(20)7-9-16/h2-9,17H,10-12H2,1H3,(H,21,24). The van der Waals surface area contributed by atoms with Gasteiger partial charge in [-0.3, -0.25) is 9.59 Å². The van der Waals surface area contributed by atoms with Gasteiger partial charge < -0.3 is 15.0 Å². The number of halogens is 1. The molecule has 2 aromatic carbocycles. The molecule has 2 aromatic rings. The van der Waals surface area contributed by atoms with Crippen molar-refractivity contribution in [3.8, 4) is 0 Å². The third kappa shape index (κ3) is 4.22. The van der Waals surface area contributed by atoms with E-state index in [4.69, 9.17) is 4.74 Å². The van der Waals surface area contributed by atoms with E-state index in [1.54, 1.807) is 29.2 Å². The zero-order valence-corrected chi connectivity index (χ0v) is 13.9. The van der Waals surface area contributed by atoms with Crippen molar-refractivity contribution in [3.05, 3.63) is 65.5 Å². The van der Waals surface area contributed by atoms with Crippen molar-refractivity contribution < 1.29 is 18.7 Å². The number of rotatable bonds is 4. The lowest BCUT2D eigenvalue weighted by Crippen LogP contribution is -2.50. The maximum atomic E-state index is 13.0. The van der Waals surface area contributed by atoms with Crippen molar-refractivity contribution in [3.63, 3.8) is 0 Å². The first kappa shape index (κ1) is 17.1. The Morgan fingerprint density at radius 1 is 1.20 bits per heavy atom. The van der Waals surface area contributed by atoms with Crippen LogP contribution < -0.4 is 10.2 Å². The number of carbonyl (C=O) groups excluding carboxylic acids is 2. The second-order valence-corrected chi connectivity index (χ2v) is 5.99. The molecule has 130 valence electrons. The number of nitrogens with zero attached hydrogens (tertiary/aromatic N) is 1. The van der Waals surface area contributed by atoms with Gasteiger partial charge in [0.05, 0.1) is 12.6 Å². The Morgan fingerprint density at radius 3 is 2.56 bits per heavy atom. The summed E-state index contributed by atoms with van der Waals surface area (Å²) >= 11 is 0. The van der Waals surface area contributed by atoms with Gasteiger partial charge in [0.25, 0.3) is 11.8 Å². The molecule has 0 aromatic heterocycles. The van der Waals surface area contributed by atoms with Crippen LogP contribution in [0.15, 0.2) is 48.5 Å². The molecule has 0 bridgehead atoms. The van der Waals surface area contributed by atoms with Crippen molar-refractivity contribution in [2.24, 2.45) is 0 Å². The first-order chi connectivity index (χ1) is 12.0. The van der Waals surface area contributed by atoms with Gasteiger partial charge >= 0.3 is 0 Å². The Morgan fingerprint density at radius 2 is 1.88 bits per heavy atom. The lowest BCUT2D eigenvalue weighted by Gasteiger charge is -2.32. The number of nitrogens with one attached hydrogen (secondary N) is 1. The van der Waals surface area contributed by atoms with Gasteiger partial charge in [-0.25, -0.2) is 4.39 Å². The molecule has 1 saturated heterocycles. The van der Waals surface area contributed by atoms with Gasteiger partial charge in [0.2, 0.25) is 0 Å². The number of morpholine rings is 1. The third-order valence-corrected chi connectivity index (χ3v) is 4.07. The molecule has 1 atom stereocenters. The fraction of sp³-hybridized carbons (Fsp3) is 0.263. The van der Waals surface area contributed by atoms with Gasteiger partial charge in [-0.2, -0.15) is 0 Å². The Labute approximate surface area is 145 Å². The number of anilines is 1. The third-order valence-electron chi connectivity index (χ3n) is 4.07. The Balaban J connectivity index is 1.59. The highest BCUT2D eigenvalue weighted by molar-refractivity contribution is 5.95. The first-order valence-corrected chi connectivity index (χ1v) is 8.05. The Bertz CT molecular complexity index is 759. The summed E-state index contributed by atoms with van der Waals surface area (Å²) in [6.45, 7) is 2.48. The highest BCUT2D eigenvalue weighted by Gasteiger charge is 2.27. The Kier molecular flexibility index (Phi) is 5.09. The molecular formula is C19H19FN2O3. The van der Waals surface area contributed by atoms with Gasteiger partial charge in [-0.1, -0.05) is 17.7 Å². The molecule has 1 unspecified atom stereocenters. The number of carbonyl (C=O) groups is 2. The summed E-state index contributed by atoms with van der Waals surface area (Å²) < 4.78 is 18.5. The van der Waals surface area contributed by atoms with E-state index in [0.29, 0.717) is 17.8 Å². The van der Waals surface area contributed by atoms with Crippen molar-refractivity contribution in [2.45, 2.75) is 13.0 Å². The molecule has 0 aliphatic carbocycles. The summed E-state index contributed by atoms with van der Waals surface area (Å²) in [6.07, 6.45) is -0.322. The molecule has 1 aliphatic heterocycles. The molecule has 5 nitrogen and oxygen atoms in total. The van der Waals surface area contributed by atoms with Gasteiger partial charge in [0.15, 0.2) is 0 Å². The smallest absolute Gasteiger partial charge is 0.253 e. The summed E-state index contributed by atoms with van der Waals surface area (Å²) in [7, 11) is 0. The monoisotopic (exact) mass is 342 g/mol. The molecule has 2 amide bonds. The highest BCUT2D eigenvalue weighted by atomic mass is 19.1. The van der Waals surface area contributed by atoms with E-state index < -0.39 is 0 Å². The normalized spacial score (nSPS) is 17.4. The van der Waals surface area contributed by atoms with E-state index >= 15 is 0 Å². The SMILES string of the molecule is Cc1ccc(C(=O)NCC2CN(c3ccc(F)cc3)C(=O)CO2)cc1. The van der Waals surface area contributed by atoms with Gasteiger partial charge in [-0.05, 0) is 43.3 Å². The fourth-order valence-electron chi connectivity index (χ4n) is 2.63. The van der Waals surface area contributed by atoms with Crippen LogP contribution in [0.25, 0.3) is 0 Å². The minimum absolute atomic E-state index is 0.0670. The molecule has 1 aliphatic rings. The van der Waals surface area contributed by atoms with Crippen LogP contribution >= 0.6 is 0 Å². The maximum Gasteiger partial charge on any atom is 0.253 e. The molecule has 1 N–H and O–H groups in total. The number of benzene rings is 2. The number of aryl methyl sites for hydroxylation is 1. The van der Waals surface area contributed by atoms with E-state index in [1.807, 2.05) is 19.1 Å². The van der Waals surface area contributed by atoms with Crippen LogP contribution in [0.3, 0.4) is 0 Å². The molecule has 6 heteroatoms. The minimum atomic E-state index is -0.355. The molecule has 3 rings (SSSR count). The van der Waals surface area contributed by atoms with Gasteiger partial charge in [-0.15, -0.1) is 0 Å². The molecule has 1 fully saturated rings. The molecular weight excluding hydrogens is 323 g/mol. The van der Waals surface area contributed by atoms with Crippen LogP contribution in [-0.4, -0.2) is 37.6 Å². The fourth-order valence-corrected chi connectivity index (χ4v) is 2.63. The summed E-state index contributed by atoms with van der Waals surface area (Å²) in [6, 6.07) is 13.0. The van der Waals surface area contributed by atoms with E-state index in [9.17, 15) is 14.0 Å². The Hall–Kier alpha value is -2.73. The van der Waals surface area contributed by atoms with Crippen molar-refractivity contribution in [1.29, 1.82) is 0 Å². The molecule has 25 heavy (non-hydrogen) atoms. The van der Waals surface area contributed by atoms with Crippen LogP contribution in [-0.2, 0) is 9.53 Å². The zero-order chi connectivity index (χ0) is 17.8. The number of amides is 2. The quantitative estimate of drug-likeness (QED) is 0.927. The van der Waals surface area contributed by atoms with Crippen molar-refractivity contribution in [2.75, 3.05) is 24.6 Å². The predicted molar refractivity (Wildman–Crippen MR) is 92.0 cm³/mol. The summed E-state index contributed by atoms with van der Waals surface area (Å²) in [4.78, 5) is 25.7. The molecule has 0 radical (unpaired) electrons. The van der Waals surface area contributed by atoms with Gasteiger partial charge in [0.1, 0.15) is 12.4 Å². The van der Waals surface area contributed by atoms with Crippen LogP contribution in [0.1, 0.15) is 15.9 Å². The van der Waals surface area contributed by atoms with Crippen LogP contribution in [0.2, 0.25) is 0 Å². The van der Waals surface area contributed by atoms with E-state index in [-0.39, 0.29) is 36.9 Å². The lowest BCUT2D eigenvalue weighted by atomic mass is 10.1. The van der Waals surface area contributed by atoms with Crippen molar-refractivity contribution in [1.82, 2.24) is 5.32 Å². The summed E-state index contributed by atoms with van der Waals surface area (Å²) in [5, 5.41) is 2.82. The average molecular weight is 342 g/mol. The van der Waals surface area contributed by atoms with E-state index in [0.717, 1.165) is 5.56 Å². The first-order valence-electron chi connectivity index (χ1n) is 8.05. The molecule has 0 saturated carbocycles. The zero-order valence-electron chi connectivity index (χ0n) is 13.9. The van der Waals surface area contributed by atoms with Gasteiger partial charge in [0, 0.05) is 17.8 Å².